The highest BCUT2D eigenvalue weighted by Crippen LogP contribution is 2.18. The van der Waals surface area contributed by atoms with Crippen LogP contribution >= 0.6 is 0 Å². The molecular formula is C15H19N3O3S. The van der Waals surface area contributed by atoms with Gasteiger partial charge in [0.2, 0.25) is 0 Å². The molecule has 1 aromatic rings. The first kappa shape index (κ1) is 16.5. The molecule has 1 N–H and O–H groups in total. The summed E-state index contributed by atoms with van der Waals surface area (Å²) in [5.41, 5.74) is 1.84. The Morgan fingerprint density at radius 1 is 1.23 bits per heavy atom. The summed E-state index contributed by atoms with van der Waals surface area (Å²) in [6.07, 6.45) is 5.90. The summed E-state index contributed by atoms with van der Waals surface area (Å²) in [5.74, 6) is 2.56. The topological polar surface area (TPSA) is 69.7 Å². The molecular weight excluding hydrogens is 302 g/mol. The predicted octanol–water partition coefficient (Wildman–Crippen LogP) is 0.212. The van der Waals surface area contributed by atoms with Gasteiger partial charge in [0, 0.05) is 37.4 Å². The average Bonchev–Trinajstić information content (AvgIpc) is 2.54. The average molecular weight is 321 g/mol. The fourth-order valence-corrected chi connectivity index (χ4v) is 3.61. The third-order valence-corrected chi connectivity index (χ3v) is 5.23. The highest BCUT2D eigenvalue weighted by atomic mass is 32.2. The van der Waals surface area contributed by atoms with E-state index in [1.165, 1.54) is 11.2 Å². The Hall–Kier alpha value is -1.88. The zero-order chi connectivity index (χ0) is 16.2. The highest BCUT2D eigenvalue weighted by molar-refractivity contribution is 7.87. The van der Waals surface area contributed by atoms with Crippen molar-refractivity contribution in [3.8, 4) is 12.3 Å². The first-order chi connectivity index (χ1) is 10.5. The fraction of sp³-hybridized carbons (Fsp3) is 0.400. The molecule has 0 amide bonds. The van der Waals surface area contributed by atoms with E-state index in [2.05, 4.69) is 15.5 Å². The third-order valence-electron chi connectivity index (χ3n) is 3.52. The molecule has 1 aliphatic heterocycles. The van der Waals surface area contributed by atoms with Crippen LogP contribution in [0.25, 0.3) is 0 Å². The Kier molecular flexibility index (Phi) is 5.19. The van der Waals surface area contributed by atoms with E-state index < -0.39 is 16.3 Å². The first-order valence-corrected chi connectivity index (χ1v) is 8.44. The number of hydrogen-bond acceptors (Lipinski definition) is 4. The number of nitrogens with zero attached hydrogens (tertiary/aromatic N) is 2. The monoisotopic (exact) mass is 321 g/mol. The van der Waals surface area contributed by atoms with E-state index in [-0.39, 0.29) is 0 Å². The van der Waals surface area contributed by atoms with Crippen molar-refractivity contribution in [3.63, 3.8) is 0 Å². The minimum absolute atomic E-state index is 0.373. The number of carbonyl (C=O) groups is 1. The lowest BCUT2D eigenvalue weighted by Gasteiger charge is -2.35. The van der Waals surface area contributed by atoms with Crippen LogP contribution in [0.15, 0.2) is 24.3 Å². The highest BCUT2D eigenvalue weighted by Gasteiger charge is 2.27. The number of terminal acetylenes is 1. The molecule has 6 nitrogen and oxygen atoms in total. The molecule has 1 saturated heterocycles. The molecule has 1 fully saturated rings. The number of benzene rings is 1. The van der Waals surface area contributed by atoms with Gasteiger partial charge in [0.1, 0.15) is 6.29 Å². The lowest BCUT2D eigenvalue weighted by atomic mass is 10.2. The number of piperazine rings is 1. The van der Waals surface area contributed by atoms with E-state index in [4.69, 9.17) is 6.42 Å². The zero-order valence-electron chi connectivity index (χ0n) is 12.4. The van der Waals surface area contributed by atoms with E-state index in [1.807, 2.05) is 24.3 Å². The van der Waals surface area contributed by atoms with Gasteiger partial charge in [-0.25, -0.2) is 0 Å². The van der Waals surface area contributed by atoms with Crippen LogP contribution in [0.1, 0.15) is 12.5 Å². The van der Waals surface area contributed by atoms with Crippen LogP contribution in [0.2, 0.25) is 0 Å². The summed E-state index contributed by atoms with van der Waals surface area (Å²) in [6, 6.07) is 6.88. The SMILES string of the molecule is C#Cc1ccc(N2CCN(S(=O)(=O)N[C@H](C)C=O)CC2)cc1. The van der Waals surface area contributed by atoms with Crippen molar-refractivity contribution in [3.05, 3.63) is 29.8 Å². The van der Waals surface area contributed by atoms with Crippen molar-refractivity contribution in [1.29, 1.82) is 0 Å². The molecule has 22 heavy (non-hydrogen) atoms. The van der Waals surface area contributed by atoms with Gasteiger partial charge in [0.25, 0.3) is 10.2 Å². The predicted molar refractivity (Wildman–Crippen MR) is 85.7 cm³/mol. The summed E-state index contributed by atoms with van der Waals surface area (Å²) in [4.78, 5) is 12.7. The van der Waals surface area contributed by atoms with E-state index in [0.29, 0.717) is 32.5 Å². The molecule has 0 saturated carbocycles. The van der Waals surface area contributed by atoms with E-state index >= 15 is 0 Å². The molecule has 0 unspecified atom stereocenters. The molecule has 0 aromatic heterocycles. The second-order valence-corrected chi connectivity index (χ2v) is 6.83. The maximum atomic E-state index is 12.1. The summed E-state index contributed by atoms with van der Waals surface area (Å²) < 4.78 is 27.9. The van der Waals surface area contributed by atoms with Crippen molar-refractivity contribution in [2.24, 2.45) is 0 Å². The largest absolute Gasteiger partial charge is 0.369 e. The Balaban J connectivity index is 1.97. The molecule has 0 bridgehead atoms. The van der Waals surface area contributed by atoms with Crippen LogP contribution in [0, 0.1) is 12.3 Å². The smallest absolute Gasteiger partial charge is 0.280 e. The molecule has 118 valence electrons. The van der Waals surface area contributed by atoms with Crippen molar-refractivity contribution < 1.29 is 13.2 Å². The minimum atomic E-state index is -3.61. The summed E-state index contributed by atoms with van der Waals surface area (Å²) in [5, 5.41) is 0. The Morgan fingerprint density at radius 2 is 1.82 bits per heavy atom. The van der Waals surface area contributed by atoms with Crippen molar-refractivity contribution in [1.82, 2.24) is 9.03 Å². The minimum Gasteiger partial charge on any atom is -0.369 e. The van der Waals surface area contributed by atoms with Crippen LogP contribution in [0.3, 0.4) is 0 Å². The zero-order valence-corrected chi connectivity index (χ0v) is 13.2. The Bertz CT molecular complexity index is 656. The number of hydrogen-bond donors (Lipinski definition) is 1. The molecule has 1 atom stereocenters. The van der Waals surface area contributed by atoms with E-state index in [0.717, 1.165) is 11.3 Å². The van der Waals surface area contributed by atoms with Crippen LogP contribution in [0.4, 0.5) is 5.69 Å². The number of aldehydes is 1. The first-order valence-electron chi connectivity index (χ1n) is 7.00. The van der Waals surface area contributed by atoms with Gasteiger partial charge in [-0.1, -0.05) is 5.92 Å². The van der Waals surface area contributed by atoms with Crippen LogP contribution in [-0.4, -0.2) is 51.2 Å². The quantitative estimate of drug-likeness (QED) is 0.622. The second-order valence-electron chi connectivity index (χ2n) is 5.12. The number of nitrogens with one attached hydrogen (secondary N) is 1. The lowest BCUT2D eigenvalue weighted by Crippen LogP contribution is -2.53. The van der Waals surface area contributed by atoms with Crippen LogP contribution in [-0.2, 0) is 15.0 Å². The Labute approximate surface area is 131 Å². The molecule has 1 aliphatic rings. The van der Waals surface area contributed by atoms with Gasteiger partial charge in [-0.05, 0) is 31.2 Å². The maximum Gasteiger partial charge on any atom is 0.280 e. The second kappa shape index (κ2) is 6.92. The van der Waals surface area contributed by atoms with Gasteiger partial charge < -0.3 is 9.69 Å². The molecule has 7 heteroatoms. The van der Waals surface area contributed by atoms with E-state index in [1.54, 1.807) is 0 Å². The molecule has 0 radical (unpaired) electrons. The van der Waals surface area contributed by atoms with Gasteiger partial charge in [-0.2, -0.15) is 17.4 Å². The molecule has 1 aromatic carbocycles. The van der Waals surface area contributed by atoms with Gasteiger partial charge in [-0.3, -0.25) is 0 Å². The van der Waals surface area contributed by atoms with Crippen LogP contribution in [0.5, 0.6) is 0 Å². The number of carbonyl (C=O) groups excluding carboxylic acids is 1. The number of anilines is 1. The standard InChI is InChI=1S/C15H19N3O3S/c1-3-14-4-6-15(7-5-14)17-8-10-18(11-9-17)22(20,21)16-13(2)12-19/h1,4-7,12-13,16H,8-11H2,2H3/t13-/m1/s1. The van der Waals surface area contributed by atoms with Crippen LogP contribution < -0.4 is 9.62 Å². The van der Waals surface area contributed by atoms with Gasteiger partial charge in [0.15, 0.2) is 0 Å². The number of rotatable bonds is 5. The van der Waals surface area contributed by atoms with E-state index in [9.17, 15) is 13.2 Å². The third kappa shape index (κ3) is 3.85. The van der Waals surface area contributed by atoms with Gasteiger partial charge in [0.05, 0.1) is 6.04 Å². The lowest BCUT2D eigenvalue weighted by molar-refractivity contribution is -0.108. The summed E-state index contributed by atoms with van der Waals surface area (Å²) >= 11 is 0. The van der Waals surface area contributed by atoms with Crippen molar-refractivity contribution in [2.75, 3.05) is 31.1 Å². The van der Waals surface area contributed by atoms with Gasteiger partial charge in [-0.15, -0.1) is 6.42 Å². The Morgan fingerprint density at radius 3 is 2.32 bits per heavy atom. The fourth-order valence-electron chi connectivity index (χ4n) is 2.29. The maximum absolute atomic E-state index is 12.1. The molecule has 2 rings (SSSR count). The normalized spacial score (nSPS) is 17.7. The van der Waals surface area contributed by atoms with Crippen molar-refractivity contribution in [2.45, 2.75) is 13.0 Å². The van der Waals surface area contributed by atoms with Gasteiger partial charge >= 0.3 is 0 Å². The summed E-state index contributed by atoms with van der Waals surface area (Å²) in [7, 11) is -3.61. The summed E-state index contributed by atoms with van der Waals surface area (Å²) in [6.45, 7) is 3.43. The molecule has 1 heterocycles. The van der Waals surface area contributed by atoms with Crippen molar-refractivity contribution >= 4 is 22.2 Å². The molecule has 0 spiro atoms. The molecule has 0 aliphatic carbocycles.